The fraction of sp³-hybridized carbons (Fsp3) is 0.900. The molecule has 3 heteroatoms. The van der Waals surface area contributed by atoms with E-state index in [1.54, 1.807) is 6.92 Å². The van der Waals surface area contributed by atoms with Gasteiger partial charge in [0.2, 0.25) is 0 Å². The van der Waals surface area contributed by atoms with Crippen molar-refractivity contribution in [2.24, 2.45) is 0 Å². The van der Waals surface area contributed by atoms with Crippen LogP contribution in [-0.4, -0.2) is 32.5 Å². The van der Waals surface area contributed by atoms with E-state index in [1.165, 1.54) is 12.8 Å². The molecule has 3 nitrogen and oxygen atoms in total. The zero-order chi connectivity index (χ0) is 10.1. The van der Waals surface area contributed by atoms with E-state index < -0.39 is 0 Å². The number of hydrogen-bond donors (Lipinski definition) is 2. The third kappa shape index (κ3) is 7.94. The molecule has 0 aromatic carbocycles. The molecule has 13 heavy (non-hydrogen) atoms. The second-order valence-electron chi connectivity index (χ2n) is 3.49. The summed E-state index contributed by atoms with van der Waals surface area (Å²) in [7, 11) is 3.89. The Hall–Kier alpha value is -0.410. The molecule has 0 spiro atoms. The molecule has 0 bridgehead atoms. The lowest BCUT2D eigenvalue weighted by Crippen LogP contribution is -2.27. The van der Waals surface area contributed by atoms with Crippen LogP contribution in [0.3, 0.4) is 0 Å². The zero-order valence-electron chi connectivity index (χ0n) is 9.02. The molecule has 0 fully saturated rings. The van der Waals surface area contributed by atoms with Crippen LogP contribution >= 0.6 is 0 Å². The summed E-state index contributed by atoms with van der Waals surface area (Å²) in [6, 6.07) is 0.370. The second kappa shape index (κ2) is 8.20. The average molecular weight is 186 g/mol. The highest BCUT2D eigenvalue weighted by Crippen LogP contribution is 2.04. The first kappa shape index (κ1) is 12.6. The normalized spacial score (nSPS) is 12.8. The number of carbonyl (C=O) groups excluding carboxylic acids is 1. The first-order valence-electron chi connectivity index (χ1n) is 5.02. The maximum Gasteiger partial charge on any atom is 0.131 e. The van der Waals surface area contributed by atoms with Crippen molar-refractivity contribution in [3.8, 4) is 0 Å². The molecule has 0 aromatic heterocycles. The summed E-state index contributed by atoms with van der Waals surface area (Å²) < 4.78 is 0. The van der Waals surface area contributed by atoms with Gasteiger partial charge in [0.05, 0.1) is 0 Å². The van der Waals surface area contributed by atoms with E-state index in [-0.39, 0.29) is 5.78 Å². The SMILES string of the molecule is CNCCCCC(CC(C)=O)NC. The second-order valence-corrected chi connectivity index (χ2v) is 3.49. The molecule has 0 amide bonds. The Labute approximate surface area is 81.3 Å². The highest BCUT2D eigenvalue weighted by molar-refractivity contribution is 5.76. The minimum atomic E-state index is 0.271. The van der Waals surface area contributed by atoms with Crippen molar-refractivity contribution < 1.29 is 4.79 Å². The van der Waals surface area contributed by atoms with Crippen molar-refractivity contribution in [1.82, 2.24) is 10.6 Å². The lowest BCUT2D eigenvalue weighted by Gasteiger charge is -2.13. The molecule has 0 heterocycles. The van der Waals surface area contributed by atoms with Crippen molar-refractivity contribution in [2.45, 2.75) is 38.6 Å². The van der Waals surface area contributed by atoms with E-state index in [0.29, 0.717) is 12.5 Å². The van der Waals surface area contributed by atoms with E-state index in [0.717, 1.165) is 13.0 Å². The van der Waals surface area contributed by atoms with Crippen molar-refractivity contribution in [1.29, 1.82) is 0 Å². The van der Waals surface area contributed by atoms with Gasteiger partial charge in [0.15, 0.2) is 0 Å². The molecule has 1 unspecified atom stereocenters. The Morgan fingerprint density at radius 2 is 2.00 bits per heavy atom. The average Bonchev–Trinajstić information content (AvgIpc) is 2.09. The molecule has 78 valence electrons. The van der Waals surface area contributed by atoms with Gasteiger partial charge in [-0.05, 0) is 40.4 Å². The van der Waals surface area contributed by atoms with Crippen LogP contribution in [0.2, 0.25) is 0 Å². The molecular weight excluding hydrogens is 164 g/mol. The fourth-order valence-corrected chi connectivity index (χ4v) is 1.39. The lowest BCUT2D eigenvalue weighted by molar-refractivity contribution is -0.117. The predicted octanol–water partition coefficient (Wildman–Crippen LogP) is 0.943. The minimum absolute atomic E-state index is 0.271. The Morgan fingerprint density at radius 1 is 1.31 bits per heavy atom. The van der Waals surface area contributed by atoms with Crippen LogP contribution in [0.1, 0.15) is 32.6 Å². The molecule has 0 rings (SSSR count). The van der Waals surface area contributed by atoms with Gasteiger partial charge in [-0.3, -0.25) is 4.79 Å². The van der Waals surface area contributed by atoms with Gasteiger partial charge >= 0.3 is 0 Å². The topological polar surface area (TPSA) is 41.1 Å². The van der Waals surface area contributed by atoms with Gasteiger partial charge in [-0.2, -0.15) is 0 Å². The Morgan fingerprint density at radius 3 is 2.46 bits per heavy atom. The molecule has 1 atom stereocenters. The molecule has 0 saturated heterocycles. The van der Waals surface area contributed by atoms with E-state index >= 15 is 0 Å². The number of rotatable bonds is 8. The number of carbonyl (C=O) groups is 1. The summed E-state index contributed by atoms with van der Waals surface area (Å²) >= 11 is 0. The molecule has 0 saturated carbocycles. The van der Waals surface area contributed by atoms with E-state index in [1.807, 2.05) is 14.1 Å². The Bertz CT molecular complexity index is 137. The van der Waals surface area contributed by atoms with E-state index in [9.17, 15) is 4.79 Å². The Balaban J connectivity index is 3.42. The maximum absolute atomic E-state index is 10.8. The van der Waals surface area contributed by atoms with Crippen LogP contribution in [0, 0.1) is 0 Å². The Kier molecular flexibility index (Phi) is 7.94. The van der Waals surface area contributed by atoms with Crippen LogP contribution in [0.4, 0.5) is 0 Å². The molecule has 0 aromatic rings. The molecular formula is C10H22N2O. The van der Waals surface area contributed by atoms with Gasteiger partial charge in [0, 0.05) is 12.5 Å². The quantitative estimate of drug-likeness (QED) is 0.554. The predicted molar refractivity (Wildman–Crippen MR) is 55.9 cm³/mol. The summed E-state index contributed by atoms with van der Waals surface area (Å²) in [6.45, 7) is 2.72. The summed E-state index contributed by atoms with van der Waals surface area (Å²) in [5.41, 5.74) is 0. The first-order chi connectivity index (χ1) is 6.20. The van der Waals surface area contributed by atoms with Gasteiger partial charge in [0.25, 0.3) is 0 Å². The van der Waals surface area contributed by atoms with Crippen LogP contribution < -0.4 is 10.6 Å². The fourth-order valence-electron chi connectivity index (χ4n) is 1.39. The van der Waals surface area contributed by atoms with E-state index in [2.05, 4.69) is 10.6 Å². The first-order valence-corrected chi connectivity index (χ1v) is 5.02. The van der Waals surface area contributed by atoms with Crippen LogP contribution in [0.5, 0.6) is 0 Å². The highest BCUT2D eigenvalue weighted by atomic mass is 16.1. The summed E-state index contributed by atoms with van der Waals surface area (Å²) in [5, 5.41) is 6.28. The standard InChI is InChI=1S/C10H22N2O/c1-9(13)8-10(12-3)6-4-5-7-11-2/h10-12H,4-8H2,1-3H3. The highest BCUT2D eigenvalue weighted by Gasteiger charge is 2.07. The summed E-state index contributed by atoms with van der Waals surface area (Å²) in [5.74, 6) is 0.271. The van der Waals surface area contributed by atoms with Gasteiger partial charge in [-0.15, -0.1) is 0 Å². The molecule has 0 aliphatic rings. The smallest absolute Gasteiger partial charge is 0.131 e. The number of nitrogens with one attached hydrogen (secondary N) is 2. The zero-order valence-corrected chi connectivity index (χ0v) is 9.02. The number of Topliss-reactive ketones (excluding diaryl/α,β-unsaturated/α-hetero) is 1. The summed E-state index contributed by atoms with van der Waals surface area (Å²) in [6.07, 6.45) is 4.13. The largest absolute Gasteiger partial charge is 0.320 e. The van der Waals surface area contributed by atoms with E-state index in [4.69, 9.17) is 0 Å². The summed E-state index contributed by atoms with van der Waals surface area (Å²) in [4.78, 5) is 10.8. The van der Waals surface area contributed by atoms with Crippen molar-refractivity contribution in [2.75, 3.05) is 20.6 Å². The van der Waals surface area contributed by atoms with Gasteiger partial charge in [-0.1, -0.05) is 6.42 Å². The van der Waals surface area contributed by atoms with Gasteiger partial charge in [0.1, 0.15) is 5.78 Å². The molecule has 2 N–H and O–H groups in total. The van der Waals surface area contributed by atoms with Gasteiger partial charge in [-0.25, -0.2) is 0 Å². The minimum Gasteiger partial charge on any atom is -0.320 e. The monoisotopic (exact) mass is 186 g/mol. The van der Waals surface area contributed by atoms with Crippen molar-refractivity contribution in [3.05, 3.63) is 0 Å². The molecule has 0 radical (unpaired) electrons. The van der Waals surface area contributed by atoms with Crippen LogP contribution in [0.15, 0.2) is 0 Å². The van der Waals surface area contributed by atoms with Gasteiger partial charge < -0.3 is 10.6 Å². The van der Waals surface area contributed by atoms with Crippen LogP contribution in [-0.2, 0) is 4.79 Å². The number of ketones is 1. The number of hydrogen-bond acceptors (Lipinski definition) is 3. The van der Waals surface area contributed by atoms with Crippen molar-refractivity contribution >= 4 is 5.78 Å². The maximum atomic E-state index is 10.8. The third-order valence-electron chi connectivity index (χ3n) is 2.17. The number of unbranched alkanes of at least 4 members (excludes halogenated alkanes) is 1. The molecule has 0 aliphatic carbocycles. The third-order valence-corrected chi connectivity index (χ3v) is 2.17. The lowest BCUT2D eigenvalue weighted by atomic mass is 10.0. The van der Waals surface area contributed by atoms with Crippen molar-refractivity contribution in [3.63, 3.8) is 0 Å². The van der Waals surface area contributed by atoms with Crippen LogP contribution in [0.25, 0.3) is 0 Å². The molecule has 0 aliphatic heterocycles.